The van der Waals surface area contributed by atoms with Gasteiger partial charge in [-0.15, -0.1) is 0 Å². The lowest BCUT2D eigenvalue weighted by atomic mass is 9.97. The molecule has 1 fully saturated rings. The topological polar surface area (TPSA) is 8.17 Å². The van der Waals surface area contributed by atoms with Gasteiger partial charge in [-0.25, -0.2) is 0 Å². The maximum atomic E-state index is 2.70. The van der Waals surface area contributed by atoms with Gasteiger partial charge in [0, 0.05) is 36.9 Å². The third-order valence-electron chi connectivity index (χ3n) is 4.87. The lowest BCUT2D eigenvalue weighted by Gasteiger charge is -2.39. The van der Waals surface area contributed by atoms with Gasteiger partial charge in [-0.2, -0.15) is 0 Å². The lowest BCUT2D eigenvalue weighted by Crippen LogP contribution is -2.44. The molecule has 0 radical (unpaired) electrons. The average Bonchev–Trinajstić information content (AvgIpc) is 2.86. The molecule has 0 N–H and O–H groups in total. The van der Waals surface area contributed by atoms with Crippen molar-refractivity contribution in [2.24, 2.45) is 0 Å². The molecule has 1 aromatic carbocycles. The van der Waals surface area contributed by atoms with Crippen LogP contribution in [0.5, 0.6) is 0 Å². The van der Waals surface area contributed by atoms with Gasteiger partial charge in [0.1, 0.15) is 0 Å². The van der Waals surface area contributed by atoms with E-state index in [0.717, 1.165) is 18.6 Å². The minimum atomic E-state index is 0.764. The SMILES string of the molecule is C[C@@H]1CCC[C@@H](C)N1CCCn1ccc2ccccc21. The van der Waals surface area contributed by atoms with Crippen LogP contribution in [0.15, 0.2) is 36.5 Å². The molecular weight excluding hydrogens is 244 g/mol. The molecule has 0 saturated carbocycles. The van der Waals surface area contributed by atoms with Crippen LogP contribution >= 0.6 is 0 Å². The zero-order valence-electron chi connectivity index (χ0n) is 12.8. The predicted octanol–water partition coefficient (Wildman–Crippen LogP) is 4.29. The van der Waals surface area contributed by atoms with E-state index in [9.17, 15) is 0 Å². The summed E-state index contributed by atoms with van der Waals surface area (Å²) in [6, 6.07) is 12.4. The van der Waals surface area contributed by atoms with Crippen LogP contribution in [0.25, 0.3) is 10.9 Å². The monoisotopic (exact) mass is 270 g/mol. The van der Waals surface area contributed by atoms with Crippen LogP contribution in [0.4, 0.5) is 0 Å². The first kappa shape index (κ1) is 13.7. The molecule has 1 saturated heterocycles. The third kappa shape index (κ3) is 2.76. The Hall–Kier alpha value is -1.28. The summed E-state index contributed by atoms with van der Waals surface area (Å²) in [5.41, 5.74) is 1.37. The van der Waals surface area contributed by atoms with Crippen molar-refractivity contribution in [3.63, 3.8) is 0 Å². The minimum absolute atomic E-state index is 0.764. The van der Waals surface area contributed by atoms with Gasteiger partial charge < -0.3 is 4.57 Å². The van der Waals surface area contributed by atoms with Crippen molar-refractivity contribution in [1.82, 2.24) is 9.47 Å². The molecule has 2 heterocycles. The van der Waals surface area contributed by atoms with Crippen molar-refractivity contribution in [2.45, 2.75) is 58.2 Å². The number of likely N-dealkylation sites (tertiary alicyclic amines) is 1. The number of para-hydroxylation sites is 1. The first-order chi connectivity index (χ1) is 9.75. The molecule has 0 spiro atoms. The molecule has 2 nitrogen and oxygen atoms in total. The Morgan fingerprint density at radius 1 is 1.00 bits per heavy atom. The Morgan fingerprint density at radius 2 is 1.75 bits per heavy atom. The van der Waals surface area contributed by atoms with E-state index in [4.69, 9.17) is 0 Å². The molecule has 3 rings (SSSR count). The summed E-state index contributed by atoms with van der Waals surface area (Å²) in [6.07, 6.45) is 7.62. The molecule has 2 atom stereocenters. The number of piperidine rings is 1. The predicted molar refractivity (Wildman–Crippen MR) is 86.0 cm³/mol. The Morgan fingerprint density at radius 3 is 2.55 bits per heavy atom. The quantitative estimate of drug-likeness (QED) is 0.804. The van der Waals surface area contributed by atoms with Crippen LogP contribution in [-0.2, 0) is 6.54 Å². The smallest absolute Gasteiger partial charge is 0.0480 e. The largest absolute Gasteiger partial charge is 0.347 e. The van der Waals surface area contributed by atoms with E-state index >= 15 is 0 Å². The number of hydrogen-bond donors (Lipinski definition) is 0. The second-order valence-electron chi connectivity index (χ2n) is 6.29. The second-order valence-corrected chi connectivity index (χ2v) is 6.29. The number of benzene rings is 1. The van der Waals surface area contributed by atoms with E-state index < -0.39 is 0 Å². The van der Waals surface area contributed by atoms with Crippen molar-refractivity contribution < 1.29 is 0 Å². The fourth-order valence-corrected chi connectivity index (χ4v) is 3.67. The summed E-state index contributed by atoms with van der Waals surface area (Å²) in [5.74, 6) is 0. The Bertz CT molecular complexity index is 547. The minimum Gasteiger partial charge on any atom is -0.347 e. The molecule has 1 aliphatic rings. The van der Waals surface area contributed by atoms with Gasteiger partial charge in [-0.1, -0.05) is 24.6 Å². The summed E-state index contributed by atoms with van der Waals surface area (Å²) < 4.78 is 2.40. The van der Waals surface area contributed by atoms with E-state index in [1.165, 1.54) is 43.1 Å². The van der Waals surface area contributed by atoms with Gasteiger partial charge in [-0.05, 0) is 50.6 Å². The molecule has 20 heavy (non-hydrogen) atoms. The van der Waals surface area contributed by atoms with Crippen LogP contribution in [0, 0.1) is 0 Å². The fraction of sp³-hybridized carbons (Fsp3) is 0.556. The summed E-state index contributed by atoms with van der Waals surface area (Å²) in [5, 5.41) is 1.35. The van der Waals surface area contributed by atoms with Crippen molar-refractivity contribution in [2.75, 3.05) is 6.54 Å². The highest BCUT2D eigenvalue weighted by atomic mass is 15.2. The van der Waals surface area contributed by atoms with Gasteiger partial charge in [0.15, 0.2) is 0 Å². The molecular formula is C18H26N2. The first-order valence-electron chi connectivity index (χ1n) is 8.05. The summed E-state index contributed by atoms with van der Waals surface area (Å²) in [4.78, 5) is 2.70. The number of rotatable bonds is 4. The van der Waals surface area contributed by atoms with Crippen molar-refractivity contribution in [3.8, 4) is 0 Å². The molecule has 2 aromatic rings. The number of fused-ring (bicyclic) bond motifs is 1. The zero-order valence-corrected chi connectivity index (χ0v) is 12.8. The lowest BCUT2D eigenvalue weighted by molar-refractivity contribution is 0.101. The number of aryl methyl sites for hydroxylation is 1. The van der Waals surface area contributed by atoms with Gasteiger partial charge in [0.2, 0.25) is 0 Å². The van der Waals surface area contributed by atoms with Crippen LogP contribution < -0.4 is 0 Å². The van der Waals surface area contributed by atoms with E-state index in [0.29, 0.717) is 0 Å². The van der Waals surface area contributed by atoms with Crippen LogP contribution in [-0.4, -0.2) is 28.1 Å². The van der Waals surface area contributed by atoms with Gasteiger partial charge >= 0.3 is 0 Å². The first-order valence-corrected chi connectivity index (χ1v) is 8.05. The molecule has 0 bridgehead atoms. The maximum Gasteiger partial charge on any atom is 0.0480 e. The highest BCUT2D eigenvalue weighted by molar-refractivity contribution is 5.79. The Kier molecular flexibility index (Phi) is 4.11. The summed E-state index contributed by atoms with van der Waals surface area (Å²) in [6.45, 7) is 7.14. The van der Waals surface area contributed by atoms with E-state index in [1.807, 2.05) is 0 Å². The summed E-state index contributed by atoms with van der Waals surface area (Å²) in [7, 11) is 0. The molecule has 2 heteroatoms. The highest BCUT2D eigenvalue weighted by Gasteiger charge is 2.23. The summed E-state index contributed by atoms with van der Waals surface area (Å²) >= 11 is 0. The van der Waals surface area contributed by atoms with E-state index in [1.54, 1.807) is 0 Å². The van der Waals surface area contributed by atoms with Crippen LogP contribution in [0.1, 0.15) is 39.5 Å². The number of hydrogen-bond acceptors (Lipinski definition) is 1. The standard InChI is InChI=1S/C18H26N2/c1-15-7-5-8-16(2)20(15)13-6-12-19-14-11-17-9-3-4-10-18(17)19/h3-4,9-11,14-16H,5-8,12-13H2,1-2H3/t15-,16-/m1/s1. The molecule has 0 amide bonds. The van der Waals surface area contributed by atoms with Gasteiger partial charge in [0.25, 0.3) is 0 Å². The normalized spacial score (nSPS) is 24.3. The molecule has 0 unspecified atom stereocenters. The number of nitrogens with zero attached hydrogens (tertiary/aromatic N) is 2. The second kappa shape index (κ2) is 6.01. The van der Waals surface area contributed by atoms with Crippen molar-refractivity contribution in [1.29, 1.82) is 0 Å². The average molecular weight is 270 g/mol. The highest BCUT2D eigenvalue weighted by Crippen LogP contribution is 2.23. The molecule has 0 aliphatic carbocycles. The Labute approximate surface area is 122 Å². The van der Waals surface area contributed by atoms with E-state index in [-0.39, 0.29) is 0 Å². The Balaban J connectivity index is 1.59. The number of aromatic nitrogens is 1. The fourth-order valence-electron chi connectivity index (χ4n) is 3.67. The van der Waals surface area contributed by atoms with E-state index in [2.05, 4.69) is 59.8 Å². The van der Waals surface area contributed by atoms with Crippen molar-refractivity contribution >= 4 is 10.9 Å². The van der Waals surface area contributed by atoms with Gasteiger partial charge in [-0.3, -0.25) is 4.90 Å². The van der Waals surface area contributed by atoms with Crippen molar-refractivity contribution in [3.05, 3.63) is 36.5 Å². The van der Waals surface area contributed by atoms with Gasteiger partial charge in [0.05, 0.1) is 0 Å². The third-order valence-corrected chi connectivity index (χ3v) is 4.87. The van der Waals surface area contributed by atoms with Crippen LogP contribution in [0.2, 0.25) is 0 Å². The molecule has 1 aliphatic heterocycles. The molecule has 108 valence electrons. The maximum absolute atomic E-state index is 2.70. The van der Waals surface area contributed by atoms with Crippen LogP contribution in [0.3, 0.4) is 0 Å². The zero-order chi connectivity index (χ0) is 13.9. The molecule has 1 aromatic heterocycles.